The van der Waals surface area contributed by atoms with Crippen LogP contribution in [0.5, 0.6) is 5.75 Å². The van der Waals surface area contributed by atoms with Crippen LogP contribution in [-0.2, 0) is 6.42 Å². The fourth-order valence-electron chi connectivity index (χ4n) is 3.01. The number of nitrogens with zero attached hydrogens (tertiary/aromatic N) is 1. The smallest absolute Gasteiger partial charge is 0.119 e. The van der Waals surface area contributed by atoms with Gasteiger partial charge in [0.25, 0.3) is 0 Å². The SMILES string of the molecule is CCOc1ccc(NCCN2CCCc3ccccc32)cc1. The van der Waals surface area contributed by atoms with Crippen LogP contribution in [-0.4, -0.2) is 26.2 Å². The van der Waals surface area contributed by atoms with Crippen LogP contribution in [0, 0.1) is 0 Å². The van der Waals surface area contributed by atoms with Gasteiger partial charge in [0.1, 0.15) is 5.75 Å². The molecule has 0 spiro atoms. The first-order valence-electron chi connectivity index (χ1n) is 8.16. The number of rotatable bonds is 6. The average molecular weight is 296 g/mol. The minimum absolute atomic E-state index is 0.709. The van der Waals surface area contributed by atoms with Crippen LogP contribution in [0.3, 0.4) is 0 Å². The minimum Gasteiger partial charge on any atom is -0.494 e. The van der Waals surface area contributed by atoms with E-state index in [1.165, 1.54) is 24.1 Å². The summed E-state index contributed by atoms with van der Waals surface area (Å²) in [6.07, 6.45) is 2.46. The van der Waals surface area contributed by atoms with E-state index in [0.717, 1.165) is 31.1 Å². The maximum Gasteiger partial charge on any atom is 0.119 e. The second-order valence-electron chi connectivity index (χ2n) is 5.60. The highest BCUT2D eigenvalue weighted by Crippen LogP contribution is 2.26. The van der Waals surface area contributed by atoms with Crippen LogP contribution < -0.4 is 15.0 Å². The third-order valence-corrected chi connectivity index (χ3v) is 4.08. The van der Waals surface area contributed by atoms with Crippen molar-refractivity contribution in [2.45, 2.75) is 19.8 Å². The van der Waals surface area contributed by atoms with Crippen LogP contribution in [0.25, 0.3) is 0 Å². The number of fused-ring (bicyclic) bond motifs is 1. The summed E-state index contributed by atoms with van der Waals surface area (Å²) >= 11 is 0. The van der Waals surface area contributed by atoms with Gasteiger partial charge >= 0.3 is 0 Å². The van der Waals surface area contributed by atoms with Crippen molar-refractivity contribution in [3.8, 4) is 5.75 Å². The van der Waals surface area contributed by atoms with Crippen LogP contribution in [0.4, 0.5) is 11.4 Å². The van der Waals surface area contributed by atoms with Gasteiger partial charge in [0, 0.05) is 31.0 Å². The lowest BCUT2D eigenvalue weighted by molar-refractivity contribution is 0.340. The highest BCUT2D eigenvalue weighted by Gasteiger charge is 2.15. The molecule has 1 aliphatic rings. The van der Waals surface area contributed by atoms with Gasteiger partial charge in [0.2, 0.25) is 0 Å². The standard InChI is InChI=1S/C19H24N2O/c1-2-22-18-11-9-17(10-12-18)20-13-15-21-14-5-7-16-6-3-4-8-19(16)21/h3-4,6,8-12,20H,2,5,7,13-15H2,1H3. The zero-order chi connectivity index (χ0) is 15.2. The van der Waals surface area contributed by atoms with E-state index in [1.54, 1.807) is 0 Å². The van der Waals surface area contributed by atoms with Gasteiger partial charge in [-0.1, -0.05) is 18.2 Å². The molecule has 116 valence electrons. The van der Waals surface area contributed by atoms with Gasteiger partial charge in [-0.15, -0.1) is 0 Å². The van der Waals surface area contributed by atoms with Crippen molar-refractivity contribution in [3.05, 3.63) is 54.1 Å². The van der Waals surface area contributed by atoms with Crippen LogP contribution in [0.15, 0.2) is 48.5 Å². The van der Waals surface area contributed by atoms with Crippen LogP contribution in [0.1, 0.15) is 18.9 Å². The summed E-state index contributed by atoms with van der Waals surface area (Å²) in [6, 6.07) is 17.0. The lowest BCUT2D eigenvalue weighted by Gasteiger charge is -2.31. The number of hydrogen-bond acceptors (Lipinski definition) is 3. The van der Waals surface area contributed by atoms with Gasteiger partial charge in [-0.3, -0.25) is 0 Å². The molecule has 3 rings (SSSR count). The first kappa shape index (κ1) is 14.8. The molecule has 0 fully saturated rings. The van der Waals surface area contributed by atoms with Crippen molar-refractivity contribution in [1.82, 2.24) is 0 Å². The summed E-state index contributed by atoms with van der Waals surface area (Å²) in [5.74, 6) is 0.929. The monoisotopic (exact) mass is 296 g/mol. The molecule has 1 aliphatic heterocycles. The molecule has 0 aliphatic carbocycles. The maximum atomic E-state index is 5.46. The number of nitrogens with one attached hydrogen (secondary N) is 1. The van der Waals surface area contributed by atoms with Gasteiger partial charge in [-0.25, -0.2) is 0 Å². The largest absolute Gasteiger partial charge is 0.494 e. The first-order chi connectivity index (χ1) is 10.9. The van der Waals surface area contributed by atoms with E-state index < -0.39 is 0 Å². The van der Waals surface area contributed by atoms with Crippen LogP contribution >= 0.6 is 0 Å². The lowest BCUT2D eigenvalue weighted by Crippen LogP contribution is -2.33. The molecule has 3 nitrogen and oxygen atoms in total. The van der Waals surface area contributed by atoms with E-state index in [2.05, 4.69) is 46.6 Å². The summed E-state index contributed by atoms with van der Waals surface area (Å²) < 4.78 is 5.46. The first-order valence-corrected chi connectivity index (χ1v) is 8.16. The molecule has 0 amide bonds. The molecule has 3 heteroatoms. The van der Waals surface area contributed by atoms with E-state index >= 15 is 0 Å². The Morgan fingerprint density at radius 2 is 1.91 bits per heavy atom. The van der Waals surface area contributed by atoms with E-state index in [4.69, 9.17) is 4.74 Å². The third-order valence-electron chi connectivity index (χ3n) is 4.08. The Morgan fingerprint density at radius 3 is 2.73 bits per heavy atom. The lowest BCUT2D eigenvalue weighted by atomic mass is 10.0. The molecular weight excluding hydrogens is 272 g/mol. The summed E-state index contributed by atoms with van der Waals surface area (Å²) in [5, 5.41) is 3.49. The molecule has 2 aromatic rings. The molecular formula is C19H24N2O. The van der Waals surface area contributed by atoms with Crippen molar-refractivity contribution < 1.29 is 4.74 Å². The predicted molar refractivity (Wildman–Crippen MR) is 93.1 cm³/mol. The molecule has 0 unspecified atom stereocenters. The van der Waals surface area contributed by atoms with Gasteiger partial charge < -0.3 is 15.0 Å². The second kappa shape index (κ2) is 7.21. The van der Waals surface area contributed by atoms with Gasteiger partial charge in [-0.2, -0.15) is 0 Å². The maximum absolute atomic E-state index is 5.46. The van der Waals surface area contributed by atoms with Crippen LogP contribution in [0.2, 0.25) is 0 Å². The van der Waals surface area contributed by atoms with Gasteiger partial charge in [-0.05, 0) is 55.7 Å². The van der Waals surface area contributed by atoms with Gasteiger partial charge in [0.15, 0.2) is 0 Å². The summed E-state index contributed by atoms with van der Waals surface area (Å²) in [7, 11) is 0. The average Bonchev–Trinajstić information content (AvgIpc) is 2.57. The highest BCUT2D eigenvalue weighted by molar-refractivity contribution is 5.55. The highest BCUT2D eigenvalue weighted by atomic mass is 16.5. The molecule has 0 bridgehead atoms. The molecule has 0 saturated heterocycles. The topological polar surface area (TPSA) is 24.5 Å². The van der Waals surface area contributed by atoms with Crippen molar-refractivity contribution >= 4 is 11.4 Å². The quantitative estimate of drug-likeness (QED) is 0.873. The molecule has 0 aromatic heterocycles. The molecule has 0 radical (unpaired) electrons. The Kier molecular flexibility index (Phi) is 4.84. The predicted octanol–water partition coefficient (Wildman–Crippen LogP) is 3.95. The molecule has 22 heavy (non-hydrogen) atoms. The Morgan fingerprint density at radius 1 is 1.09 bits per heavy atom. The van der Waals surface area contributed by atoms with E-state index in [1.807, 2.05) is 19.1 Å². The third kappa shape index (κ3) is 3.53. The Labute approximate surface area is 132 Å². The van der Waals surface area contributed by atoms with Crippen molar-refractivity contribution in [1.29, 1.82) is 0 Å². The molecule has 1 N–H and O–H groups in total. The Hall–Kier alpha value is -2.16. The zero-order valence-electron chi connectivity index (χ0n) is 13.2. The Balaban J connectivity index is 1.53. The molecule has 0 atom stereocenters. The second-order valence-corrected chi connectivity index (χ2v) is 5.60. The fourth-order valence-corrected chi connectivity index (χ4v) is 3.01. The van der Waals surface area contributed by atoms with E-state index in [-0.39, 0.29) is 0 Å². The summed E-state index contributed by atoms with van der Waals surface area (Å²) in [4.78, 5) is 2.49. The number of ether oxygens (including phenoxy) is 1. The minimum atomic E-state index is 0.709. The van der Waals surface area contributed by atoms with E-state index in [9.17, 15) is 0 Å². The number of aryl methyl sites for hydroxylation is 1. The van der Waals surface area contributed by atoms with Crippen molar-refractivity contribution in [3.63, 3.8) is 0 Å². The fraction of sp³-hybridized carbons (Fsp3) is 0.368. The molecule has 2 aromatic carbocycles. The number of benzene rings is 2. The molecule has 0 saturated carbocycles. The normalized spacial score (nSPS) is 13.6. The van der Waals surface area contributed by atoms with Crippen molar-refractivity contribution in [2.24, 2.45) is 0 Å². The number of anilines is 2. The summed E-state index contributed by atoms with van der Waals surface area (Å²) in [6.45, 7) is 5.85. The number of hydrogen-bond donors (Lipinski definition) is 1. The van der Waals surface area contributed by atoms with E-state index in [0.29, 0.717) is 6.61 Å². The molecule has 1 heterocycles. The number of para-hydroxylation sites is 1. The van der Waals surface area contributed by atoms with Crippen molar-refractivity contribution in [2.75, 3.05) is 36.5 Å². The van der Waals surface area contributed by atoms with Gasteiger partial charge in [0.05, 0.1) is 6.61 Å². The Bertz CT molecular complexity index is 595. The zero-order valence-corrected chi connectivity index (χ0v) is 13.2. The summed E-state index contributed by atoms with van der Waals surface area (Å²) in [5.41, 5.74) is 4.03.